The Morgan fingerprint density at radius 3 is 2.59 bits per heavy atom. The molecule has 0 saturated heterocycles. The molecule has 10 heteroatoms. The second-order valence-corrected chi connectivity index (χ2v) is 11.7. The molecule has 1 amide bonds. The van der Waals surface area contributed by atoms with Crippen LogP contribution >= 0.6 is 22.9 Å². The Balaban J connectivity index is 1.76. The van der Waals surface area contributed by atoms with Crippen molar-refractivity contribution in [2.45, 2.75) is 51.6 Å². The monoisotopic (exact) mass is 499 g/mol. The van der Waals surface area contributed by atoms with Crippen molar-refractivity contribution in [1.29, 1.82) is 0 Å². The molecular weight excluding hydrogens is 470 g/mol. The lowest BCUT2D eigenvalue weighted by molar-refractivity contribution is 0.0663. The van der Waals surface area contributed by atoms with E-state index in [0.29, 0.717) is 28.1 Å². The first-order valence-electron chi connectivity index (χ1n) is 10.8. The van der Waals surface area contributed by atoms with Gasteiger partial charge in [-0.05, 0) is 56.2 Å². The highest BCUT2D eigenvalue weighted by Crippen LogP contribution is 2.30. The second kappa shape index (κ2) is 11.0. The summed E-state index contributed by atoms with van der Waals surface area (Å²) in [7, 11) is -3.67. The number of thiazole rings is 1. The van der Waals surface area contributed by atoms with Gasteiger partial charge in [0, 0.05) is 23.0 Å². The minimum absolute atomic E-state index is 0.129. The fourth-order valence-corrected chi connectivity index (χ4v) is 5.53. The molecule has 0 bridgehead atoms. The van der Waals surface area contributed by atoms with E-state index in [9.17, 15) is 18.3 Å². The van der Waals surface area contributed by atoms with Crippen LogP contribution in [0.4, 0.5) is 5.13 Å². The summed E-state index contributed by atoms with van der Waals surface area (Å²) in [6.45, 7) is 3.15. The number of rotatable bonds is 9. The molecule has 1 aliphatic rings. The molecule has 2 N–H and O–H groups in total. The van der Waals surface area contributed by atoms with Gasteiger partial charge < -0.3 is 10.0 Å². The van der Waals surface area contributed by atoms with Gasteiger partial charge in [-0.2, -0.15) is 0 Å². The Hall–Kier alpha value is -1.68. The van der Waals surface area contributed by atoms with Crippen molar-refractivity contribution in [1.82, 2.24) is 9.71 Å². The lowest BCUT2D eigenvalue weighted by Crippen LogP contribution is -2.33. The van der Waals surface area contributed by atoms with Gasteiger partial charge in [0.15, 0.2) is 5.13 Å². The van der Waals surface area contributed by atoms with Gasteiger partial charge in [-0.1, -0.05) is 36.6 Å². The zero-order valence-corrected chi connectivity index (χ0v) is 20.8. The molecule has 32 heavy (non-hydrogen) atoms. The van der Waals surface area contributed by atoms with Gasteiger partial charge in [-0.3, -0.25) is 4.79 Å². The third-order valence-corrected chi connectivity index (χ3v) is 7.61. The number of nitrogens with one attached hydrogen (secondary N) is 1. The Labute approximate surface area is 198 Å². The van der Waals surface area contributed by atoms with Gasteiger partial charge in [0.05, 0.1) is 12.4 Å². The van der Waals surface area contributed by atoms with E-state index >= 15 is 0 Å². The zero-order chi connectivity index (χ0) is 23.3. The number of carbonyl (C=O) groups is 1. The van der Waals surface area contributed by atoms with Crippen molar-refractivity contribution in [3.05, 3.63) is 45.4 Å². The van der Waals surface area contributed by atoms with Gasteiger partial charge in [0.25, 0.3) is 5.91 Å². The van der Waals surface area contributed by atoms with Gasteiger partial charge >= 0.3 is 0 Å². The number of hydrogen-bond acceptors (Lipinski definition) is 7. The SMILES string of the molecule is Cc1sc(N(CCc2ccc(Cl)cc2)CCC2CCCCC2O)nc1C(=O)NS(C)(=O)=O. The molecule has 0 radical (unpaired) electrons. The van der Waals surface area contributed by atoms with Crippen LogP contribution in [0.3, 0.4) is 0 Å². The molecule has 7 nitrogen and oxygen atoms in total. The summed E-state index contributed by atoms with van der Waals surface area (Å²) >= 11 is 7.37. The third kappa shape index (κ3) is 7.16. The minimum Gasteiger partial charge on any atom is -0.393 e. The number of aryl methyl sites for hydroxylation is 1. The molecule has 1 fully saturated rings. The summed E-state index contributed by atoms with van der Waals surface area (Å²) in [5.74, 6) is -0.455. The summed E-state index contributed by atoms with van der Waals surface area (Å²) in [4.78, 5) is 19.6. The highest BCUT2D eigenvalue weighted by molar-refractivity contribution is 7.89. The lowest BCUT2D eigenvalue weighted by Gasteiger charge is -2.30. The van der Waals surface area contributed by atoms with Crippen LogP contribution in [0.2, 0.25) is 5.02 Å². The van der Waals surface area contributed by atoms with Crippen molar-refractivity contribution < 1.29 is 18.3 Å². The maximum absolute atomic E-state index is 12.4. The van der Waals surface area contributed by atoms with Crippen LogP contribution in [-0.4, -0.2) is 49.9 Å². The zero-order valence-electron chi connectivity index (χ0n) is 18.4. The van der Waals surface area contributed by atoms with E-state index in [0.717, 1.165) is 50.3 Å². The van der Waals surface area contributed by atoms with Crippen LogP contribution in [0.15, 0.2) is 24.3 Å². The topological polar surface area (TPSA) is 99.6 Å². The van der Waals surface area contributed by atoms with Crippen molar-refractivity contribution in [2.24, 2.45) is 5.92 Å². The van der Waals surface area contributed by atoms with Crippen LogP contribution in [0.5, 0.6) is 0 Å². The predicted octanol–water partition coefficient (Wildman–Crippen LogP) is 3.78. The molecule has 1 saturated carbocycles. The molecule has 0 spiro atoms. The summed E-state index contributed by atoms with van der Waals surface area (Å²) in [6, 6.07) is 7.70. The normalized spacial score (nSPS) is 19.0. The molecule has 3 rings (SSSR count). The number of hydrogen-bond donors (Lipinski definition) is 2. The molecule has 0 aliphatic heterocycles. The number of benzene rings is 1. The maximum atomic E-state index is 12.4. The quantitative estimate of drug-likeness (QED) is 0.544. The third-order valence-electron chi connectivity index (χ3n) is 5.77. The Morgan fingerprint density at radius 1 is 1.25 bits per heavy atom. The second-order valence-electron chi connectivity index (χ2n) is 8.37. The Bertz CT molecular complexity index is 1020. The van der Waals surface area contributed by atoms with E-state index in [-0.39, 0.29) is 17.7 Å². The summed E-state index contributed by atoms with van der Waals surface area (Å²) < 4.78 is 24.9. The largest absolute Gasteiger partial charge is 0.393 e. The van der Waals surface area contributed by atoms with Crippen molar-refractivity contribution in [3.63, 3.8) is 0 Å². The molecule has 2 aromatic rings. The van der Waals surface area contributed by atoms with Crippen molar-refractivity contribution in [2.75, 3.05) is 24.2 Å². The van der Waals surface area contributed by atoms with E-state index in [4.69, 9.17) is 11.6 Å². The lowest BCUT2D eigenvalue weighted by atomic mass is 9.84. The number of anilines is 1. The number of amides is 1. The van der Waals surface area contributed by atoms with E-state index in [2.05, 4.69) is 9.88 Å². The number of sulfonamides is 1. The molecule has 2 unspecified atom stereocenters. The standard InChI is InChI=1S/C22H30ClN3O4S2/c1-15-20(21(28)25-32(2,29)30)24-22(31-15)26(13-11-16-7-9-18(23)10-8-16)14-12-17-5-3-4-6-19(17)27/h7-10,17,19,27H,3-6,11-14H2,1-2H3,(H,25,28). The number of aromatic nitrogens is 1. The van der Waals surface area contributed by atoms with Crippen LogP contribution < -0.4 is 9.62 Å². The predicted molar refractivity (Wildman–Crippen MR) is 129 cm³/mol. The number of aliphatic hydroxyl groups is 1. The van der Waals surface area contributed by atoms with Crippen LogP contribution in [0.1, 0.15) is 53.0 Å². The minimum atomic E-state index is -3.67. The highest BCUT2D eigenvalue weighted by Gasteiger charge is 2.25. The summed E-state index contributed by atoms with van der Waals surface area (Å²) in [5.41, 5.74) is 1.27. The number of carbonyl (C=O) groups excluding carboxylic acids is 1. The number of halogens is 1. The fourth-order valence-electron chi connectivity index (χ4n) is 4.01. The molecule has 176 valence electrons. The summed E-state index contributed by atoms with van der Waals surface area (Å²) in [5, 5.41) is 11.7. The number of nitrogens with zero attached hydrogens (tertiary/aromatic N) is 2. The van der Waals surface area contributed by atoms with Gasteiger partial charge in [-0.25, -0.2) is 18.1 Å². The van der Waals surface area contributed by atoms with Gasteiger partial charge in [0.2, 0.25) is 10.0 Å². The van der Waals surface area contributed by atoms with Crippen molar-refractivity contribution >= 4 is 44.0 Å². The first-order valence-corrected chi connectivity index (χ1v) is 13.9. The van der Waals surface area contributed by atoms with E-state index in [1.807, 2.05) is 29.0 Å². The average Bonchev–Trinajstić information content (AvgIpc) is 3.11. The van der Waals surface area contributed by atoms with E-state index < -0.39 is 15.9 Å². The van der Waals surface area contributed by atoms with Crippen LogP contribution in [0.25, 0.3) is 0 Å². The molecule has 1 aliphatic carbocycles. The highest BCUT2D eigenvalue weighted by atomic mass is 35.5. The first kappa shape index (κ1) is 25.0. The molecule has 1 heterocycles. The van der Waals surface area contributed by atoms with E-state index in [1.54, 1.807) is 6.92 Å². The molecule has 1 aromatic carbocycles. The Kier molecular flexibility index (Phi) is 8.55. The average molecular weight is 500 g/mol. The molecule has 1 aromatic heterocycles. The van der Waals surface area contributed by atoms with E-state index in [1.165, 1.54) is 11.3 Å². The fraction of sp³-hybridized carbons (Fsp3) is 0.545. The smallest absolute Gasteiger partial charge is 0.284 e. The molecule has 2 atom stereocenters. The summed E-state index contributed by atoms with van der Waals surface area (Å²) in [6.07, 6.45) is 6.37. The first-order chi connectivity index (χ1) is 15.1. The number of aliphatic hydroxyl groups excluding tert-OH is 1. The maximum Gasteiger partial charge on any atom is 0.284 e. The Morgan fingerprint density at radius 2 is 1.94 bits per heavy atom. The van der Waals surface area contributed by atoms with Gasteiger partial charge in [0.1, 0.15) is 5.69 Å². The van der Waals surface area contributed by atoms with Crippen molar-refractivity contribution in [3.8, 4) is 0 Å². The van der Waals surface area contributed by atoms with Gasteiger partial charge in [-0.15, -0.1) is 11.3 Å². The molecular formula is C22H30ClN3O4S2. The van der Waals surface area contributed by atoms with Crippen LogP contribution in [0, 0.1) is 12.8 Å². The van der Waals surface area contributed by atoms with Crippen LogP contribution in [-0.2, 0) is 16.4 Å².